The molecule has 2 rings (SSSR count). The Labute approximate surface area is 146 Å². The molecule has 0 saturated carbocycles. The Balaban J connectivity index is 1.87. The van der Waals surface area contributed by atoms with Crippen molar-refractivity contribution in [3.8, 4) is 5.75 Å². The Morgan fingerprint density at radius 1 is 1.29 bits per heavy atom. The number of nitrogens with zero attached hydrogens (tertiary/aromatic N) is 2. The van der Waals surface area contributed by atoms with E-state index in [2.05, 4.69) is 36.3 Å². The number of hydrogen-bond acceptors (Lipinski definition) is 3. The molecule has 24 heavy (non-hydrogen) atoms. The van der Waals surface area contributed by atoms with Crippen LogP contribution in [0.1, 0.15) is 31.7 Å². The Morgan fingerprint density at radius 2 is 2.00 bits per heavy atom. The Kier molecular flexibility index (Phi) is 7.89. The molecule has 0 aromatic heterocycles. The first kappa shape index (κ1) is 18.6. The summed E-state index contributed by atoms with van der Waals surface area (Å²) in [4.78, 5) is 7.01. The van der Waals surface area contributed by atoms with E-state index in [0.29, 0.717) is 6.54 Å². The molecule has 0 spiro atoms. The van der Waals surface area contributed by atoms with E-state index >= 15 is 0 Å². The van der Waals surface area contributed by atoms with E-state index in [1.54, 1.807) is 7.11 Å². The second-order valence-corrected chi connectivity index (χ2v) is 6.28. The number of benzene rings is 1. The zero-order valence-electron chi connectivity index (χ0n) is 15.3. The third kappa shape index (κ3) is 6.04. The smallest absolute Gasteiger partial charge is 0.193 e. The Hall–Kier alpha value is -1.75. The molecule has 0 unspecified atom stereocenters. The molecule has 1 aromatic rings. The molecule has 0 amide bonds. The lowest BCUT2D eigenvalue weighted by molar-refractivity contribution is 0.0625. The van der Waals surface area contributed by atoms with Crippen LogP contribution in [0.5, 0.6) is 5.75 Å². The first-order chi connectivity index (χ1) is 11.7. The second-order valence-electron chi connectivity index (χ2n) is 6.28. The molecule has 134 valence electrons. The van der Waals surface area contributed by atoms with Gasteiger partial charge in [0.05, 0.1) is 13.7 Å². The van der Waals surface area contributed by atoms with Crippen LogP contribution in [0.15, 0.2) is 29.3 Å². The highest BCUT2D eigenvalue weighted by Crippen LogP contribution is 2.18. The summed E-state index contributed by atoms with van der Waals surface area (Å²) < 4.78 is 10.6. The quantitative estimate of drug-likeness (QED) is 0.616. The van der Waals surface area contributed by atoms with Crippen molar-refractivity contribution in [2.24, 2.45) is 10.9 Å². The van der Waals surface area contributed by atoms with E-state index in [1.165, 1.54) is 24.8 Å². The summed E-state index contributed by atoms with van der Waals surface area (Å²) in [6.45, 7) is 6.52. The molecule has 1 saturated heterocycles. The van der Waals surface area contributed by atoms with Gasteiger partial charge in [-0.15, -0.1) is 0 Å². The molecule has 0 aliphatic carbocycles. The van der Waals surface area contributed by atoms with Gasteiger partial charge in [-0.05, 0) is 49.8 Å². The van der Waals surface area contributed by atoms with E-state index < -0.39 is 0 Å². The zero-order chi connectivity index (χ0) is 17.2. The van der Waals surface area contributed by atoms with Crippen LogP contribution in [-0.2, 0) is 11.3 Å². The van der Waals surface area contributed by atoms with Gasteiger partial charge in [-0.3, -0.25) is 0 Å². The van der Waals surface area contributed by atoms with Gasteiger partial charge in [0.25, 0.3) is 0 Å². The van der Waals surface area contributed by atoms with E-state index in [-0.39, 0.29) is 0 Å². The van der Waals surface area contributed by atoms with Crippen molar-refractivity contribution in [3.63, 3.8) is 0 Å². The third-order valence-electron chi connectivity index (χ3n) is 4.48. The fourth-order valence-electron chi connectivity index (χ4n) is 2.88. The van der Waals surface area contributed by atoms with Crippen molar-refractivity contribution in [2.75, 3.05) is 40.5 Å². The highest BCUT2D eigenvalue weighted by atomic mass is 16.5. The SMILES string of the molecule is CCNC(=NCc1ccc(OC)cc1)N(C)CCC1CCOCC1. The molecular weight excluding hydrogens is 302 g/mol. The third-order valence-corrected chi connectivity index (χ3v) is 4.48. The van der Waals surface area contributed by atoms with Crippen molar-refractivity contribution in [1.82, 2.24) is 10.2 Å². The van der Waals surface area contributed by atoms with Crippen LogP contribution in [-0.4, -0.2) is 51.3 Å². The molecule has 0 bridgehead atoms. The van der Waals surface area contributed by atoms with Crippen LogP contribution >= 0.6 is 0 Å². The van der Waals surface area contributed by atoms with Crippen molar-refractivity contribution in [3.05, 3.63) is 29.8 Å². The fourth-order valence-corrected chi connectivity index (χ4v) is 2.88. The lowest BCUT2D eigenvalue weighted by Gasteiger charge is -2.26. The van der Waals surface area contributed by atoms with Gasteiger partial charge in [-0.2, -0.15) is 0 Å². The molecule has 1 fully saturated rings. The maximum atomic E-state index is 5.44. The number of rotatable bonds is 7. The van der Waals surface area contributed by atoms with Crippen LogP contribution in [0.2, 0.25) is 0 Å². The first-order valence-corrected chi connectivity index (χ1v) is 8.93. The summed E-state index contributed by atoms with van der Waals surface area (Å²) in [6, 6.07) is 8.08. The largest absolute Gasteiger partial charge is 0.497 e. The van der Waals surface area contributed by atoms with Gasteiger partial charge in [-0.25, -0.2) is 4.99 Å². The average Bonchev–Trinajstić information content (AvgIpc) is 2.64. The summed E-state index contributed by atoms with van der Waals surface area (Å²) >= 11 is 0. The topological polar surface area (TPSA) is 46.1 Å². The van der Waals surface area contributed by atoms with Crippen LogP contribution in [0, 0.1) is 5.92 Å². The highest BCUT2D eigenvalue weighted by molar-refractivity contribution is 5.79. The molecule has 5 heteroatoms. The molecule has 5 nitrogen and oxygen atoms in total. The minimum absolute atomic E-state index is 0.675. The number of methoxy groups -OCH3 is 1. The van der Waals surface area contributed by atoms with E-state index in [1.807, 2.05) is 12.1 Å². The van der Waals surface area contributed by atoms with Crippen molar-refractivity contribution >= 4 is 5.96 Å². The molecule has 1 aliphatic heterocycles. The van der Waals surface area contributed by atoms with Gasteiger partial charge in [0.2, 0.25) is 0 Å². The predicted octanol–water partition coefficient (Wildman–Crippen LogP) is 2.91. The zero-order valence-corrected chi connectivity index (χ0v) is 15.3. The maximum Gasteiger partial charge on any atom is 0.193 e. The molecular formula is C19H31N3O2. The molecule has 1 N–H and O–H groups in total. The summed E-state index contributed by atoms with van der Waals surface area (Å²) in [5, 5.41) is 3.39. The lowest BCUT2D eigenvalue weighted by atomic mass is 9.96. The molecule has 0 radical (unpaired) electrons. The van der Waals surface area contributed by atoms with Gasteiger partial charge >= 0.3 is 0 Å². The Bertz CT molecular complexity index is 496. The van der Waals surface area contributed by atoms with E-state index in [0.717, 1.165) is 43.9 Å². The van der Waals surface area contributed by atoms with Gasteiger partial charge in [0, 0.05) is 33.4 Å². The predicted molar refractivity (Wildman–Crippen MR) is 98.6 cm³/mol. The lowest BCUT2D eigenvalue weighted by Crippen LogP contribution is -2.40. The van der Waals surface area contributed by atoms with Crippen LogP contribution in [0.4, 0.5) is 0 Å². The summed E-state index contributed by atoms with van der Waals surface area (Å²) in [5.41, 5.74) is 1.18. The monoisotopic (exact) mass is 333 g/mol. The van der Waals surface area contributed by atoms with Crippen LogP contribution in [0.3, 0.4) is 0 Å². The number of hydrogen-bond donors (Lipinski definition) is 1. The molecule has 1 aliphatic rings. The van der Waals surface area contributed by atoms with E-state index in [4.69, 9.17) is 14.5 Å². The van der Waals surface area contributed by atoms with Crippen LogP contribution < -0.4 is 10.1 Å². The second kappa shape index (κ2) is 10.2. The fraction of sp³-hybridized carbons (Fsp3) is 0.632. The van der Waals surface area contributed by atoms with Gasteiger partial charge in [0.1, 0.15) is 5.75 Å². The summed E-state index contributed by atoms with van der Waals surface area (Å²) in [7, 11) is 3.80. The normalized spacial score (nSPS) is 16.0. The number of nitrogens with one attached hydrogen (secondary N) is 1. The summed E-state index contributed by atoms with van der Waals surface area (Å²) in [5.74, 6) is 2.63. The first-order valence-electron chi connectivity index (χ1n) is 8.93. The number of aliphatic imine (C=N–C) groups is 1. The number of ether oxygens (including phenoxy) is 2. The summed E-state index contributed by atoms with van der Waals surface area (Å²) in [6.07, 6.45) is 3.58. The van der Waals surface area contributed by atoms with E-state index in [9.17, 15) is 0 Å². The number of guanidine groups is 1. The van der Waals surface area contributed by atoms with Gasteiger partial charge < -0.3 is 19.7 Å². The molecule has 0 atom stereocenters. The van der Waals surface area contributed by atoms with Gasteiger partial charge in [0.15, 0.2) is 5.96 Å². The van der Waals surface area contributed by atoms with Gasteiger partial charge in [-0.1, -0.05) is 12.1 Å². The van der Waals surface area contributed by atoms with Crippen molar-refractivity contribution in [2.45, 2.75) is 32.7 Å². The van der Waals surface area contributed by atoms with Crippen molar-refractivity contribution in [1.29, 1.82) is 0 Å². The molecule has 1 heterocycles. The highest BCUT2D eigenvalue weighted by Gasteiger charge is 2.15. The van der Waals surface area contributed by atoms with Crippen LogP contribution in [0.25, 0.3) is 0 Å². The minimum Gasteiger partial charge on any atom is -0.497 e. The minimum atomic E-state index is 0.675. The standard InChI is InChI=1S/C19H31N3O2/c1-4-20-19(21-15-17-5-7-18(23-3)8-6-17)22(2)12-9-16-10-13-24-14-11-16/h5-8,16H,4,9-15H2,1-3H3,(H,20,21). The van der Waals surface area contributed by atoms with Crippen molar-refractivity contribution < 1.29 is 9.47 Å². The maximum absolute atomic E-state index is 5.44. The average molecular weight is 333 g/mol. The molecule has 1 aromatic carbocycles. The Morgan fingerprint density at radius 3 is 2.62 bits per heavy atom.